The van der Waals surface area contributed by atoms with Crippen LogP contribution in [0.2, 0.25) is 0 Å². The zero-order valence-corrected chi connectivity index (χ0v) is 9.88. The highest BCUT2D eigenvalue weighted by molar-refractivity contribution is 5.46. The molecule has 2 rings (SSSR count). The molecule has 17 heavy (non-hydrogen) atoms. The monoisotopic (exact) mass is 233 g/mol. The van der Waals surface area contributed by atoms with Gasteiger partial charge in [-0.1, -0.05) is 13.8 Å². The molecule has 2 aromatic heterocycles. The van der Waals surface area contributed by atoms with Gasteiger partial charge in [0.1, 0.15) is 24.5 Å². The van der Waals surface area contributed by atoms with Gasteiger partial charge in [-0.05, 0) is 18.1 Å². The minimum Gasteiger partial charge on any atom is -0.469 e. The Morgan fingerprint density at radius 1 is 1.41 bits per heavy atom. The van der Waals surface area contributed by atoms with E-state index in [1.807, 2.05) is 26.0 Å². The van der Waals surface area contributed by atoms with E-state index in [2.05, 4.69) is 9.97 Å². The summed E-state index contributed by atoms with van der Waals surface area (Å²) in [4.78, 5) is 8.07. The van der Waals surface area contributed by atoms with E-state index in [9.17, 15) is 0 Å². The Kier molecular flexibility index (Phi) is 3.27. The van der Waals surface area contributed by atoms with Crippen LogP contribution in [0.1, 0.15) is 31.1 Å². The SMILES string of the molecule is CC(C)c1c(N)ncnc1OCc1ccco1. The van der Waals surface area contributed by atoms with Crippen LogP contribution in [0.5, 0.6) is 5.88 Å². The van der Waals surface area contributed by atoms with Gasteiger partial charge in [-0.3, -0.25) is 0 Å². The number of rotatable bonds is 4. The lowest BCUT2D eigenvalue weighted by Crippen LogP contribution is -2.06. The molecule has 0 aliphatic heterocycles. The Morgan fingerprint density at radius 3 is 2.88 bits per heavy atom. The van der Waals surface area contributed by atoms with E-state index >= 15 is 0 Å². The third-order valence-electron chi connectivity index (χ3n) is 2.39. The molecule has 0 radical (unpaired) electrons. The lowest BCUT2D eigenvalue weighted by molar-refractivity contribution is 0.257. The van der Waals surface area contributed by atoms with Crippen LogP contribution >= 0.6 is 0 Å². The van der Waals surface area contributed by atoms with Gasteiger partial charge in [0, 0.05) is 0 Å². The molecule has 0 aromatic carbocycles. The molecule has 0 aliphatic rings. The van der Waals surface area contributed by atoms with Gasteiger partial charge < -0.3 is 14.9 Å². The second kappa shape index (κ2) is 4.86. The number of anilines is 1. The van der Waals surface area contributed by atoms with Gasteiger partial charge in [0.2, 0.25) is 5.88 Å². The van der Waals surface area contributed by atoms with Crippen LogP contribution in [0.3, 0.4) is 0 Å². The maximum atomic E-state index is 5.82. The van der Waals surface area contributed by atoms with Crippen LogP contribution in [0.4, 0.5) is 5.82 Å². The molecular formula is C12H15N3O2. The molecular weight excluding hydrogens is 218 g/mol. The van der Waals surface area contributed by atoms with Crippen molar-refractivity contribution in [2.24, 2.45) is 0 Å². The van der Waals surface area contributed by atoms with E-state index in [1.54, 1.807) is 6.26 Å². The van der Waals surface area contributed by atoms with E-state index in [4.69, 9.17) is 14.9 Å². The van der Waals surface area contributed by atoms with Gasteiger partial charge in [0.05, 0.1) is 11.8 Å². The summed E-state index contributed by atoms with van der Waals surface area (Å²) in [5.74, 6) is 1.94. The molecule has 90 valence electrons. The molecule has 5 nitrogen and oxygen atoms in total. The highest BCUT2D eigenvalue weighted by Crippen LogP contribution is 2.28. The van der Waals surface area contributed by atoms with Crippen molar-refractivity contribution in [2.45, 2.75) is 26.4 Å². The van der Waals surface area contributed by atoms with Crippen LogP contribution in [0.15, 0.2) is 29.1 Å². The first-order valence-corrected chi connectivity index (χ1v) is 5.44. The normalized spacial score (nSPS) is 10.8. The number of aromatic nitrogens is 2. The van der Waals surface area contributed by atoms with Gasteiger partial charge in [-0.2, -0.15) is 0 Å². The number of hydrogen-bond donors (Lipinski definition) is 1. The fraction of sp³-hybridized carbons (Fsp3) is 0.333. The first-order chi connectivity index (χ1) is 8.18. The fourth-order valence-electron chi connectivity index (χ4n) is 1.58. The summed E-state index contributed by atoms with van der Waals surface area (Å²) in [6.45, 7) is 4.38. The van der Waals surface area contributed by atoms with Crippen molar-refractivity contribution in [1.29, 1.82) is 0 Å². The molecule has 0 bridgehead atoms. The molecule has 2 N–H and O–H groups in total. The largest absolute Gasteiger partial charge is 0.469 e. The van der Waals surface area contributed by atoms with Crippen molar-refractivity contribution >= 4 is 5.82 Å². The first kappa shape index (κ1) is 11.4. The minimum absolute atomic E-state index is 0.211. The number of ether oxygens (including phenoxy) is 1. The zero-order valence-electron chi connectivity index (χ0n) is 9.88. The Hall–Kier alpha value is -2.04. The summed E-state index contributed by atoms with van der Waals surface area (Å²) < 4.78 is 10.8. The van der Waals surface area contributed by atoms with Gasteiger partial charge in [0.15, 0.2) is 0 Å². The van der Waals surface area contributed by atoms with E-state index in [0.29, 0.717) is 18.3 Å². The molecule has 0 fully saturated rings. The Morgan fingerprint density at radius 2 is 2.24 bits per heavy atom. The zero-order chi connectivity index (χ0) is 12.3. The molecule has 2 aromatic rings. The van der Waals surface area contributed by atoms with Crippen molar-refractivity contribution < 1.29 is 9.15 Å². The highest BCUT2D eigenvalue weighted by Gasteiger charge is 2.14. The maximum Gasteiger partial charge on any atom is 0.222 e. The van der Waals surface area contributed by atoms with Crippen LogP contribution in [0.25, 0.3) is 0 Å². The lowest BCUT2D eigenvalue weighted by Gasteiger charge is -2.13. The quantitative estimate of drug-likeness (QED) is 0.877. The molecule has 0 unspecified atom stereocenters. The Balaban J connectivity index is 2.18. The number of furan rings is 1. The molecule has 0 saturated heterocycles. The predicted octanol–water partition coefficient (Wildman–Crippen LogP) is 2.35. The first-order valence-electron chi connectivity index (χ1n) is 5.44. The Labute approximate surface area is 99.6 Å². The standard InChI is InChI=1S/C12H15N3O2/c1-8(2)10-11(13)14-7-15-12(10)17-6-9-4-3-5-16-9/h3-5,7-8H,6H2,1-2H3,(H2,13,14,15). The fourth-order valence-corrected chi connectivity index (χ4v) is 1.58. The van der Waals surface area contributed by atoms with Crippen LogP contribution < -0.4 is 10.5 Å². The van der Waals surface area contributed by atoms with Crippen molar-refractivity contribution in [3.05, 3.63) is 36.0 Å². The summed E-state index contributed by atoms with van der Waals surface area (Å²) in [6.07, 6.45) is 3.01. The van der Waals surface area contributed by atoms with Crippen LogP contribution in [-0.2, 0) is 6.61 Å². The number of nitrogens with zero attached hydrogens (tertiary/aromatic N) is 2. The molecule has 2 heterocycles. The maximum absolute atomic E-state index is 5.82. The summed E-state index contributed by atoms with van der Waals surface area (Å²) >= 11 is 0. The van der Waals surface area contributed by atoms with E-state index in [-0.39, 0.29) is 5.92 Å². The molecule has 0 atom stereocenters. The molecule has 0 spiro atoms. The predicted molar refractivity (Wildman–Crippen MR) is 63.6 cm³/mol. The Bertz CT molecular complexity index is 481. The third kappa shape index (κ3) is 2.55. The van der Waals surface area contributed by atoms with Gasteiger partial charge in [-0.25, -0.2) is 9.97 Å². The van der Waals surface area contributed by atoms with Crippen LogP contribution in [-0.4, -0.2) is 9.97 Å². The summed E-state index contributed by atoms with van der Waals surface area (Å²) in [5.41, 5.74) is 6.65. The van der Waals surface area contributed by atoms with E-state index < -0.39 is 0 Å². The summed E-state index contributed by atoms with van der Waals surface area (Å²) in [6, 6.07) is 3.66. The third-order valence-corrected chi connectivity index (χ3v) is 2.39. The summed E-state index contributed by atoms with van der Waals surface area (Å²) in [7, 11) is 0. The van der Waals surface area contributed by atoms with Crippen molar-refractivity contribution in [3.8, 4) is 5.88 Å². The van der Waals surface area contributed by atoms with Gasteiger partial charge in [0.25, 0.3) is 0 Å². The minimum atomic E-state index is 0.211. The van der Waals surface area contributed by atoms with Gasteiger partial charge in [-0.15, -0.1) is 0 Å². The molecule has 0 aliphatic carbocycles. The second-order valence-corrected chi connectivity index (χ2v) is 4.00. The lowest BCUT2D eigenvalue weighted by atomic mass is 10.1. The van der Waals surface area contributed by atoms with Crippen LogP contribution in [0, 0.1) is 0 Å². The summed E-state index contributed by atoms with van der Waals surface area (Å²) in [5, 5.41) is 0. The second-order valence-electron chi connectivity index (χ2n) is 4.00. The smallest absolute Gasteiger partial charge is 0.222 e. The topological polar surface area (TPSA) is 74.2 Å². The van der Waals surface area contributed by atoms with Crippen molar-refractivity contribution in [3.63, 3.8) is 0 Å². The molecule has 0 saturated carbocycles. The number of hydrogen-bond acceptors (Lipinski definition) is 5. The van der Waals surface area contributed by atoms with Crippen molar-refractivity contribution in [2.75, 3.05) is 5.73 Å². The molecule has 0 amide bonds. The van der Waals surface area contributed by atoms with E-state index in [0.717, 1.165) is 11.3 Å². The average molecular weight is 233 g/mol. The number of nitrogen functional groups attached to an aromatic ring is 1. The van der Waals surface area contributed by atoms with E-state index in [1.165, 1.54) is 6.33 Å². The van der Waals surface area contributed by atoms with Gasteiger partial charge >= 0.3 is 0 Å². The highest BCUT2D eigenvalue weighted by atomic mass is 16.5. The van der Waals surface area contributed by atoms with Crippen molar-refractivity contribution in [1.82, 2.24) is 9.97 Å². The molecule has 5 heteroatoms. The number of nitrogens with two attached hydrogens (primary N) is 1. The average Bonchev–Trinajstić information content (AvgIpc) is 2.78.